The van der Waals surface area contributed by atoms with Crippen LogP contribution in [0.25, 0.3) is 0 Å². The summed E-state index contributed by atoms with van der Waals surface area (Å²) < 4.78 is 5.20. The largest absolute Gasteiger partial charge is 0.374 e. The lowest BCUT2D eigenvalue weighted by molar-refractivity contribution is 0.128. The fourth-order valence-electron chi connectivity index (χ4n) is 0.942. The summed E-state index contributed by atoms with van der Waals surface area (Å²) in [4.78, 5) is 8.34. The Labute approximate surface area is 78.4 Å². The normalized spacial score (nSPS) is 10.0. The number of rotatable bonds is 5. The van der Waals surface area contributed by atoms with E-state index in [1.54, 1.807) is 6.20 Å². The van der Waals surface area contributed by atoms with Gasteiger partial charge < -0.3 is 10.1 Å². The Bertz CT molecular complexity index is 252. The Morgan fingerprint density at radius 2 is 2.31 bits per heavy atom. The van der Waals surface area contributed by atoms with Crippen LogP contribution >= 0.6 is 0 Å². The molecule has 13 heavy (non-hydrogen) atoms. The van der Waals surface area contributed by atoms with E-state index in [2.05, 4.69) is 15.3 Å². The van der Waals surface area contributed by atoms with Crippen molar-refractivity contribution in [3.05, 3.63) is 18.1 Å². The van der Waals surface area contributed by atoms with Crippen molar-refractivity contribution in [3.63, 3.8) is 0 Å². The maximum Gasteiger partial charge on any atom is 0.156 e. The Balaban J connectivity index is 2.56. The fourth-order valence-corrected chi connectivity index (χ4v) is 0.942. The van der Waals surface area contributed by atoms with Crippen LogP contribution in [0.2, 0.25) is 0 Å². The van der Waals surface area contributed by atoms with Gasteiger partial charge >= 0.3 is 0 Å². The SMILES string of the molecule is CCNc1ccnc(COCC)n1. The third-order valence-corrected chi connectivity index (χ3v) is 1.50. The summed E-state index contributed by atoms with van der Waals surface area (Å²) in [5.41, 5.74) is 0. The number of hydrogen-bond donors (Lipinski definition) is 1. The summed E-state index contributed by atoms with van der Waals surface area (Å²) in [6, 6.07) is 1.85. The molecule has 0 atom stereocenters. The summed E-state index contributed by atoms with van der Waals surface area (Å²) in [5, 5.41) is 3.12. The van der Waals surface area contributed by atoms with Crippen molar-refractivity contribution in [1.29, 1.82) is 0 Å². The predicted molar refractivity (Wildman–Crippen MR) is 51.5 cm³/mol. The van der Waals surface area contributed by atoms with Gasteiger partial charge in [0.05, 0.1) is 0 Å². The molecule has 1 heterocycles. The lowest BCUT2D eigenvalue weighted by Gasteiger charge is -2.03. The first kappa shape index (κ1) is 9.92. The van der Waals surface area contributed by atoms with Gasteiger partial charge in [0.25, 0.3) is 0 Å². The third kappa shape index (κ3) is 3.38. The molecule has 0 aliphatic rings. The van der Waals surface area contributed by atoms with Crippen LogP contribution in [-0.2, 0) is 11.3 Å². The molecule has 0 unspecified atom stereocenters. The van der Waals surface area contributed by atoms with Gasteiger partial charge in [0.15, 0.2) is 5.82 Å². The van der Waals surface area contributed by atoms with E-state index in [9.17, 15) is 0 Å². The molecule has 0 aliphatic heterocycles. The molecule has 0 saturated heterocycles. The van der Waals surface area contributed by atoms with Gasteiger partial charge in [-0.3, -0.25) is 0 Å². The second-order valence-corrected chi connectivity index (χ2v) is 2.53. The number of aromatic nitrogens is 2. The highest BCUT2D eigenvalue weighted by Crippen LogP contribution is 2.01. The minimum Gasteiger partial charge on any atom is -0.374 e. The number of ether oxygens (including phenoxy) is 1. The molecule has 72 valence electrons. The Morgan fingerprint density at radius 1 is 1.46 bits per heavy atom. The third-order valence-electron chi connectivity index (χ3n) is 1.50. The Morgan fingerprint density at radius 3 is 3.00 bits per heavy atom. The zero-order chi connectivity index (χ0) is 9.52. The van der Waals surface area contributed by atoms with Crippen LogP contribution in [-0.4, -0.2) is 23.1 Å². The molecule has 1 rings (SSSR count). The van der Waals surface area contributed by atoms with Crippen molar-refractivity contribution in [2.24, 2.45) is 0 Å². The fraction of sp³-hybridized carbons (Fsp3) is 0.556. The molecule has 1 aromatic heterocycles. The summed E-state index contributed by atoms with van der Waals surface area (Å²) in [5.74, 6) is 1.58. The van der Waals surface area contributed by atoms with E-state index >= 15 is 0 Å². The van der Waals surface area contributed by atoms with E-state index in [1.165, 1.54) is 0 Å². The maximum atomic E-state index is 5.20. The molecule has 0 bridgehead atoms. The van der Waals surface area contributed by atoms with Crippen LogP contribution in [0.4, 0.5) is 5.82 Å². The predicted octanol–water partition coefficient (Wildman–Crippen LogP) is 1.44. The highest BCUT2D eigenvalue weighted by molar-refractivity contribution is 5.32. The molecular weight excluding hydrogens is 166 g/mol. The molecule has 4 nitrogen and oxygen atoms in total. The first-order valence-corrected chi connectivity index (χ1v) is 4.50. The number of nitrogens with zero attached hydrogens (tertiary/aromatic N) is 2. The second-order valence-electron chi connectivity index (χ2n) is 2.53. The van der Waals surface area contributed by atoms with Gasteiger partial charge in [-0.2, -0.15) is 0 Å². The summed E-state index contributed by atoms with van der Waals surface area (Å²) >= 11 is 0. The first-order chi connectivity index (χ1) is 6.36. The van der Waals surface area contributed by atoms with Gasteiger partial charge in [-0.15, -0.1) is 0 Å². The highest BCUT2D eigenvalue weighted by atomic mass is 16.5. The summed E-state index contributed by atoms with van der Waals surface area (Å²) in [6.45, 7) is 6.02. The number of anilines is 1. The van der Waals surface area contributed by atoms with Crippen molar-refractivity contribution in [3.8, 4) is 0 Å². The number of hydrogen-bond acceptors (Lipinski definition) is 4. The topological polar surface area (TPSA) is 47.0 Å². The maximum absolute atomic E-state index is 5.20. The monoisotopic (exact) mass is 181 g/mol. The molecule has 0 aromatic carbocycles. The molecule has 4 heteroatoms. The Kier molecular flexibility index (Phi) is 4.18. The van der Waals surface area contributed by atoms with Gasteiger partial charge in [-0.05, 0) is 19.9 Å². The summed E-state index contributed by atoms with van der Waals surface area (Å²) in [7, 11) is 0. The van der Waals surface area contributed by atoms with E-state index in [0.717, 1.165) is 18.2 Å². The molecule has 1 N–H and O–H groups in total. The van der Waals surface area contributed by atoms with E-state index < -0.39 is 0 Å². The van der Waals surface area contributed by atoms with Crippen molar-refractivity contribution in [2.45, 2.75) is 20.5 Å². The van der Waals surface area contributed by atoms with Crippen LogP contribution < -0.4 is 5.32 Å². The molecule has 0 spiro atoms. The average molecular weight is 181 g/mol. The van der Waals surface area contributed by atoms with E-state index in [4.69, 9.17) is 4.74 Å². The lowest BCUT2D eigenvalue weighted by atomic mass is 10.5. The van der Waals surface area contributed by atoms with Crippen LogP contribution in [0.5, 0.6) is 0 Å². The highest BCUT2D eigenvalue weighted by Gasteiger charge is 1.97. The molecule has 0 amide bonds. The van der Waals surface area contributed by atoms with Crippen molar-refractivity contribution < 1.29 is 4.74 Å². The van der Waals surface area contributed by atoms with Crippen LogP contribution in [0.3, 0.4) is 0 Å². The first-order valence-electron chi connectivity index (χ1n) is 4.50. The zero-order valence-corrected chi connectivity index (χ0v) is 8.08. The molecule has 0 saturated carbocycles. The molecule has 0 aliphatic carbocycles. The Hall–Kier alpha value is -1.16. The molecule has 1 aromatic rings. The van der Waals surface area contributed by atoms with E-state index in [-0.39, 0.29) is 0 Å². The average Bonchev–Trinajstić information content (AvgIpc) is 2.16. The van der Waals surface area contributed by atoms with Gasteiger partial charge in [-0.25, -0.2) is 9.97 Å². The minimum atomic E-state index is 0.482. The van der Waals surface area contributed by atoms with Gasteiger partial charge in [0.2, 0.25) is 0 Å². The van der Waals surface area contributed by atoms with Gasteiger partial charge in [0, 0.05) is 19.3 Å². The van der Waals surface area contributed by atoms with Crippen LogP contribution in [0.15, 0.2) is 12.3 Å². The van der Waals surface area contributed by atoms with E-state index in [1.807, 2.05) is 19.9 Å². The summed E-state index contributed by atoms with van der Waals surface area (Å²) in [6.07, 6.45) is 1.74. The molecular formula is C9H15N3O. The van der Waals surface area contributed by atoms with Crippen molar-refractivity contribution in [1.82, 2.24) is 9.97 Å². The zero-order valence-electron chi connectivity index (χ0n) is 8.08. The molecule has 0 fully saturated rings. The van der Waals surface area contributed by atoms with E-state index in [0.29, 0.717) is 13.2 Å². The van der Waals surface area contributed by atoms with Gasteiger partial charge in [-0.1, -0.05) is 0 Å². The lowest BCUT2D eigenvalue weighted by Crippen LogP contribution is -2.04. The quantitative estimate of drug-likeness (QED) is 0.746. The standard InChI is InChI=1S/C9H15N3O/c1-3-10-8-5-6-11-9(12-8)7-13-4-2/h5-6H,3-4,7H2,1-2H3,(H,10,11,12). The number of nitrogens with one attached hydrogen (secondary N) is 1. The smallest absolute Gasteiger partial charge is 0.156 e. The second kappa shape index (κ2) is 5.48. The van der Waals surface area contributed by atoms with Crippen molar-refractivity contribution in [2.75, 3.05) is 18.5 Å². The molecule has 0 radical (unpaired) electrons. The van der Waals surface area contributed by atoms with Crippen molar-refractivity contribution >= 4 is 5.82 Å². The van der Waals surface area contributed by atoms with Crippen LogP contribution in [0.1, 0.15) is 19.7 Å². The van der Waals surface area contributed by atoms with Crippen LogP contribution in [0, 0.1) is 0 Å². The van der Waals surface area contributed by atoms with Gasteiger partial charge in [0.1, 0.15) is 12.4 Å². The minimum absolute atomic E-state index is 0.482.